The molecule has 2 aromatic rings. The Hall–Kier alpha value is -2.49. The Bertz CT molecular complexity index is 705. The number of carbonyl (C=O) groups excluding carboxylic acids is 1. The van der Waals surface area contributed by atoms with Crippen LogP contribution >= 0.6 is 0 Å². The van der Waals surface area contributed by atoms with Gasteiger partial charge < -0.3 is 14.6 Å². The van der Waals surface area contributed by atoms with Crippen molar-refractivity contribution in [1.29, 1.82) is 0 Å². The highest BCUT2D eigenvalue weighted by atomic mass is 16.3. The molecular weight excluding hydrogens is 256 g/mol. The summed E-state index contributed by atoms with van der Waals surface area (Å²) >= 11 is 0. The van der Waals surface area contributed by atoms with E-state index < -0.39 is 0 Å². The van der Waals surface area contributed by atoms with Gasteiger partial charge in [-0.15, -0.1) is 0 Å². The van der Waals surface area contributed by atoms with Gasteiger partial charge in [0.25, 0.3) is 0 Å². The highest BCUT2D eigenvalue weighted by Gasteiger charge is 2.28. The third-order valence-corrected chi connectivity index (χ3v) is 3.44. The molecule has 1 heterocycles. The predicted molar refractivity (Wildman–Crippen MR) is 74.7 cm³/mol. The van der Waals surface area contributed by atoms with E-state index >= 15 is 0 Å². The fourth-order valence-electron chi connectivity index (χ4n) is 2.53. The number of carbonyl (C=O) groups is 1. The first kappa shape index (κ1) is 12.5. The number of benzene rings is 1. The van der Waals surface area contributed by atoms with E-state index in [0.29, 0.717) is 23.5 Å². The summed E-state index contributed by atoms with van der Waals surface area (Å²) in [5.41, 5.74) is 2.21. The molecule has 1 aromatic heterocycles. The van der Waals surface area contributed by atoms with Crippen LogP contribution in [-0.2, 0) is 6.42 Å². The molecule has 0 fully saturated rings. The topological polar surface area (TPSA) is 70.7 Å². The second-order valence-corrected chi connectivity index (χ2v) is 4.79. The van der Waals surface area contributed by atoms with Crippen molar-refractivity contribution < 1.29 is 19.4 Å². The highest BCUT2D eigenvalue weighted by molar-refractivity contribution is 6.05. The molecule has 0 atom stereocenters. The molecule has 20 heavy (non-hydrogen) atoms. The zero-order chi connectivity index (χ0) is 14.3. The molecule has 0 unspecified atom stereocenters. The normalized spacial score (nSPS) is 14.1. The van der Waals surface area contributed by atoms with Crippen LogP contribution in [0.5, 0.6) is 5.75 Å². The number of aliphatic hydroxyl groups excluding tert-OH is 1. The van der Waals surface area contributed by atoms with Crippen molar-refractivity contribution in [1.82, 2.24) is 0 Å². The van der Waals surface area contributed by atoms with Crippen molar-refractivity contribution in [2.24, 2.45) is 0 Å². The maximum atomic E-state index is 12.1. The van der Waals surface area contributed by atoms with Gasteiger partial charge in [-0.25, -0.2) is 0 Å². The van der Waals surface area contributed by atoms with Crippen molar-refractivity contribution in [3.05, 3.63) is 46.9 Å². The third-order valence-electron chi connectivity index (χ3n) is 3.44. The third kappa shape index (κ3) is 1.90. The first-order valence-electron chi connectivity index (χ1n) is 6.48. The largest absolute Gasteiger partial charge is 0.512 e. The molecule has 0 amide bonds. The van der Waals surface area contributed by atoms with Crippen LogP contribution in [0.3, 0.4) is 0 Å². The molecule has 0 aliphatic heterocycles. The Labute approximate surface area is 116 Å². The SMILES string of the molecule is CCc1c(-c2ccc(O)cc2)oc2c1C(=O)CC(O)=C2. The average molecular weight is 270 g/mol. The van der Waals surface area contributed by atoms with Gasteiger partial charge >= 0.3 is 0 Å². The van der Waals surface area contributed by atoms with Crippen LogP contribution in [0.4, 0.5) is 0 Å². The number of hydrogen-bond donors (Lipinski definition) is 2. The van der Waals surface area contributed by atoms with Gasteiger partial charge in [0.1, 0.15) is 23.0 Å². The Morgan fingerprint density at radius 3 is 2.55 bits per heavy atom. The van der Waals surface area contributed by atoms with Gasteiger partial charge in [-0.2, -0.15) is 0 Å². The Kier molecular flexibility index (Phi) is 2.86. The van der Waals surface area contributed by atoms with E-state index in [0.717, 1.165) is 11.1 Å². The van der Waals surface area contributed by atoms with E-state index in [9.17, 15) is 15.0 Å². The van der Waals surface area contributed by atoms with Crippen molar-refractivity contribution in [2.45, 2.75) is 19.8 Å². The van der Waals surface area contributed by atoms with Crippen LogP contribution in [0.15, 0.2) is 34.4 Å². The molecule has 1 aromatic carbocycles. The van der Waals surface area contributed by atoms with Gasteiger partial charge in [0.2, 0.25) is 0 Å². The molecule has 0 bridgehead atoms. The van der Waals surface area contributed by atoms with Gasteiger partial charge in [-0.3, -0.25) is 4.79 Å². The molecule has 102 valence electrons. The Morgan fingerprint density at radius 2 is 1.90 bits per heavy atom. The van der Waals surface area contributed by atoms with E-state index in [2.05, 4.69) is 0 Å². The van der Waals surface area contributed by atoms with Gasteiger partial charge in [0.05, 0.1) is 12.0 Å². The zero-order valence-corrected chi connectivity index (χ0v) is 11.0. The van der Waals surface area contributed by atoms with E-state index in [1.165, 1.54) is 6.08 Å². The second kappa shape index (κ2) is 4.56. The number of furan rings is 1. The minimum Gasteiger partial charge on any atom is -0.512 e. The fourth-order valence-corrected chi connectivity index (χ4v) is 2.53. The molecule has 0 spiro atoms. The van der Waals surface area contributed by atoms with Crippen LogP contribution in [-0.4, -0.2) is 16.0 Å². The van der Waals surface area contributed by atoms with Crippen LogP contribution in [0, 0.1) is 0 Å². The molecule has 4 heteroatoms. The lowest BCUT2D eigenvalue weighted by atomic mass is 9.94. The number of allylic oxidation sites excluding steroid dienone is 1. The standard InChI is InChI=1S/C16H14O4/c1-2-12-15-13(19)7-11(18)8-14(15)20-16(12)9-3-5-10(17)6-4-9/h3-6,8,17-18H,2,7H2,1H3. The van der Waals surface area contributed by atoms with Crippen molar-refractivity contribution in [3.63, 3.8) is 0 Å². The minimum absolute atomic E-state index is 0.0224. The zero-order valence-electron chi connectivity index (χ0n) is 11.0. The number of hydrogen-bond acceptors (Lipinski definition) is 4. The van der Waals surface area contributed by atoms with Crippen LogP contribution in [0.1, 0.15) is 35.0 Å². The Balaban J connectivity index is 2.21. The predicted octanol–water partition coefficient (Wildman–Crippen LogP) is 3.70. The van der Waals surface area contributed by atoms with E-state index in [1.807, 2.05) is 6.92 Å². The lowest BCUT2D eigenvalue weighted by Crippen LogP contribution is -2.08. The second-order valence-electron chi connectivity index (χ2n) is 4.79. The van der Waals surface area contributed by atoms with Crippen LogP contribution in [0.2, 0.25) is 0 Å². The molecule has 3 rings (SSSR count). The maximum absolute atomic E-state index is 12.1. The summed E-state index contributed by atoms with van der Waals surface area (Å²) in [5, 5.41) is 18.9. The molecule has 0 radical (unpaired) electrons. The smallest absolute Gasteiger partial charge is 0.174 e. The lowest BCUT2D eigenvalue weighted by molar-refractivity contribution is 0.0976. The molecule has 4 nitrogen and oxygen atoms in total. The van der Waals surface area contributed by atoms with Crippen LogP contribution < -0.4 is 0 Å². The summed E-state index contributed by atoms with van der Waals surface area (Å²) < 4.78 is 5.76. The number of ketones is 1. The number of aromatic hydroxyl groups is 1. The summed E-state index contributed by atoms with van der Waals surface area (Å²) in [5.74, 6) is 1.12. The van der Waals surface area contributed by atoms with Crippen molar-refractivity contribution in [3.8, 4) is 17.1 Å². The van der Waals surface area contributed by atoms with E-state index in [-0.39, 0.29) is 23.7 Å². The molecule has 1 aliphatic carbocycles. The molecule has 2 N–H and O–H groups in total. The summed E-state index contributed by atoms with van der Waals surface area (Å²) in [6, 6.07) is 6.64. The first-order valence-corrected chi connectivity index (χ1v) is 6.48. The molecular formula is C16H14O4. The summed E-state index contributed by atoms with van der Waals surface area (Å²) in [4.78, 5) is 12.1. The lowest BCUT2D eigenvalue weighted by Gasteiger charge is -2.07. The minimum atomic E-state index is -0.120. The van der Waals surface area contributed by atoms with Crippen molar-refractivity contribution >= 4 is 11.9 Å². The van der Waals surface area contributed by atoms with Gasteiger partial charge in [-0.05, 0) is 30.7 Å². The van der Waals surface area contributed by atoms with E-state index in [4.69, 9.17) is 4.42 Å². The molecule has 0 saturated heterocycles. The van der Waals surface area contributed by atoms with Gasteiger partial charge in [-0.1, -0.05) is 6.92 Å². The number of phenolic OH excluding ortho intramolecular Hbond substituents is 1. The number of aliphatic hydroxyl groups is 1. The highest BCUT2D eigenvalue weighted by Crippen LogP contribution is 2.37. The van der Waals surface area contributed by atoms with Gasteiger partial charge in [0, 0.05) is 17.2 Å². The first-order chi connectivity index (χ1) is 9.60. The molecule has 0 saturated carbocycles. The average Bonchev–Trinajstić information content (AvgIpc) is 2.78. The van der Waals surface area contributed by atoms with Crippen LogP contribution in [0.25, 0.3) is 17.4 Å². The molecule has 1 aliphatic rings. The maximum Gasteiger partial charge on any atom is 0.174 e. The summed E-state index contributed by atoms with van der Waals surface area (Å²) in [6.07, 6.45) is 2.18. The Morgan fingerprint density at radius 1 is 1.20 bits per heavy atom. The monoisotopic (exact) mass is 270 g/mol. The summed E-state index contributed by atoms with van der Waals surface area (Å²) in [6.45, 7) is 1.96. The fraction of sp³-hybridized carbons (Fsp3) is 0.188. The van der Waals surface area contributed by atoms with Gasteiger partial charge in [0.15, 0.2) is 5.78 Å². The number of phenols is 1. The summed E-state index contributed by atoms with van der Waals surface area (Å²) in [7, 11) is 0. The number of rotatable bonds is 2. The number of fused-ring (bicyclic) bond motifs is 1. The quantitative estimate of drug-likeness (QED) is 0.872. The van der Waals surface area contributed by atoms with E-state index in [1.54, 1.807) is 24.3 Å². The number of Topliss-reactive ketones (excluding diaryl/α,β-unsaturated/α-hetero) is 1. The van der Waals surface area contributed by atoms with Crippen molar-refractivity contribution in [2.75, 3.05) is 0 Å².